The van der Waals surface area contributed by atoms with Gasteiger partial charge in [-0.25, -0.2) is 4.79 Å². The number of carbonyl (C=O) groups is 2. The summed E-state index contributed by atoms with van der Waals surface area (Å²) in [6.45, 7) is 1.82. The molecule has 6 heteroatoms. The van der Waals surface area contributed by atoms with Crippen LogP contribution in [0, 0.1) is 11.3 Å². The van der Waals surface area contributed by atoms with E-state index in [1.807, 2.05) is 0 Å². The van der Waals surface area contributed by atoms with E-state index in [1.165, 1.54) is 19.8 Å². The normalized spacial score (nSPS) is 40.6. The summed E-state index contributed by atoms with van der Waals surface area (Å²) in [6, 6.07) is 0. The molecule has 4 atom stereocenters. The summed E-state index contributed by atoms with van der Waals surface area (Å²) in [4.78, 5) is 27.4. The van der Waals surface area contributed by atoms with Gasteiger partial charge in [0.05, 0.1) is 31.3 Å². The lowest BCUT2D eigenvalue weighted by Crippen LogP contribution is -2.57. The fraction of sp³-hybridized carbons (Fsp3) is 0.684. The second-order valence-electron chi connectivity index (χ2n) is 7.53. The Morgan fingerprint density at radius 1 is 1.24 bits per heavy atom. The van der Waals surface area contributed by atoms with Crippen molar-refractivity contribution in [3.8, 4) is 0 Å². The summed E-state index contributed by atoms with van der Waals surface area (Å²) in [6.07, 6.45) is 7.24. The molecule has 0 aromatic heterocycles. The molecular formula is C19H25NO5. The zero-order valence-electron chi connectivity index (χ0n) is 15.0. The third kappa shape index (κ3) is 2.10. The summed E-state index contributed by atoms with van der Waals surface area (Å²) in [5.41, 5.74) is 1.08. The van der Waals surface area contributed by atoms with Crippen molar-refractivity contribution < 1.29 is 23.8 Å². The Balaban J connectivity index is 1.89. The van der Waals surface area contributed by atoms with Crippen LogP contribution < -0.4 is 0 Å². The highest BCUT2D eigenvalue weighted by Gasteiger charge is 2.73. The molecule has 0 radical (unpaired) electrons. The van der Waals surface area contributed by atoms with E-state index in [2.05, 4.69) is 11.0 Å². The van der Waals surface area contributed by atoms with Gasteiger partial charge in [0, 0.05) is 32.7 Å². The quantitative estimate of drug-likeness (QED) is 0.437. The van der Waals surface area contributed by atoms with E-state index in [-0.39, 0.29) is 18.0 Å². The highest BCUT2D eigenvalue weighted by Crippen LogP contribution is 2.69. The largest absolute Gasteiger partial charge is 0.468 e. The molecule has 0 aromatic carbocycles. The van der Waals surface area contributed by atoms with Gasteiger partial charge in [-0.05, 0) is 36.3 Å². The maximum Gasteiger partial charge on any atom is 0.330 e. The number of piperidine rings is 1. The SMILES string of the molecule is COC(=O)/C=C1\[C@@]2(C(=O)OC)C[C@H]2CN2CCC3=CC[C@H](OC)C[C@@]312. The first-order valence-corrected chi connectivity index (χ1v) is 8.89. The molecule has 0 bridgehead atoms. The number of carbonyl (C=O) groups excluding carboxylic acids is 2. The minimum Gasteiger partial charge on any atom is -0.468 e. The maximum atomic E-state index is 12.7. The van der Waals surface area contributed by atoms with E-state index in [9.17, 15) is 9.59 Å². The summed E-state index contributed by atoms with van der Waals surface area (Å²) < 4.78 is 15.7. The fourth-order valence-electron chi connectivity index (χ4n) is 5.44. The number of hydrogen-bond donors (Lipinski definition) is 0. The van der Waals surface area contributed by atoms with Crippen molar-refractivity contribution in [1.29, 1.82) is 0 Å². The van der Waals surface area contributed by atoms with Gasteiger partial charge in [0.15, 0.2) is 0 Å². The monoisotopic (exact) mass is 347 g/mol. The Morgan fingerprint density at radius 3 is 2.72 bits per heavy atom. The predicted molar refractivity (Wildman–Crippen MR) is 89.7 cm³/mol. The van der Waals surface area contributed by atoms with Gasteiger partial charge in [-0.2, -0.15) is 0 Å². The molecule has 4 aliphatic rings. The number of fused-ring (bicyclic) bond motifs is 1. The van der Waals surface area contributed by atoms with Crippen LogP contribution in [0.3, 0.4) is 0 Å². The topological polar surface area (TPSA) is 65.1 Å². The van der Waals surface area contributed by atoms with E-state index in [4.69, 9.17) is 14.2 Å². The third-order valence-electron chi connectivity index (χ3n) is 6.69. The van der Waals surface area contributed by atoms with Gasteiger partial charge in [0.25, 0.3) is 0 Å². The smallest absolute Gasteiger partial charge is 0.330 e. The average Bonchev–Trinajstić information content (AvgIpc) is 3.26. The molecule has 6 nitrogen and oxygen atoms in total. The number of hydrogen-bond acceptors (Lipinski definition) is 6. The molecule has 1 spiro atoms. The molecule has 2 aliphatic heterocycles. The van der Waals surface area contributed by atoms with Crippen LogP contribution in [0.5, 0.6) is 0 Å². The molecule has 0 N–H and O–H groups in total. The minimum absolute atomic E-state index is 0.0791. The number of nitrogens with zero attached hydrogens (tertiary/aromatic N) is 1. The molecule has 0 aromatic rings. The first-order chi connectivity index (χ1) is 12.0. The van der Waals surface area contributed by atoms with Crippen LogP contribution in [0.15, 0.2) is 23.3 Å². The van der Waals surface area contributed by atoms with Crippen LogP contribution in [-0.4, -0.2) is 62.9 Å². The minimum atomic E-state index is -0.682. The summed E-state index contributed by atoms with van der Waals surface area (Å²) in [5, 5.41) is 0. The van der Waals surface area contributed by atoms with Crippen LogP contribution in [-0.2, 0) is 23.8 Å². The third-order valence-corrected chi connectivity index (χ3v) is 6.69. The Morgan fingerprint density at radius 2 is 2.04 bits per heavy atom. The molecule has 4 rings (SSSR count). The lowest BCUT2D eigenvalue weighted by Gasteiger charge is -2.50. The number of ether oxygens (including phenoxy) is 3. The zero-order valence-corrected chi connectivity index (χ0v) is 15.0. The second kappa shape index (κ2) is 5.68. The van der Waals surface area contributed by atoms with Crippen molar-refractivity contribution in [3.05, 3.63) is 23.3 Å². The Bertz CT molecular complexity index is 683. The summed E-state index contributed by atoms with van der Waals surface area (Å²) >= 11 is 0. The van der Waals surface area contributed by atoms with E-state index >= 15 is 0 Å². The lowest BCUT2D eigenvalue weighted by atomic mass is 9.66. The first kappa shape index (κ1) is 16.8. The molecule has 2 aliphatic carbocycles. The van der Waals surface area contributed by atoms with E-state index < -0.39 is 16.9 Å². The summed E-state index contributed by atoms with van der Waals surface area (Å²) in [7, 11) is 4.52. The van der Waals surface area contributed by atoms with Crippen molar-refractivity contribution in [2.75, 3.05) is 34.4 Å². The van der Waals surface area contributed by atoms with Gasteiger partial charge in [0.2, 0.25) is 0 Å². The van der Waals surface area contributed by atoms with Crippen molar-refractivity contribution in [1.82, 2.24) is 4.90 Å². The second-order valence-corrected chi connectivity index (χ2v) is 7.53. The average molecular weight is 347 g/mol. The van der Waals surface area contributed by atoms with Gasteiger partial charge in [-0.15, -0.1) is 0 Å². The molecular weight excluding hydrogens is 322 g/mol. The van der Waals surface area contributed by atoms with Crippen LogP contribution in [0.25, 0.3) is 0 Å². The first-order valence-electron chi connectivity index (χ1n) is 8.89. The van der Waals surface area contributed by atoms with Gasteiger partial charge < -0.3 is 14.2 Å². The fourth-order valence-corrected chi connectivity index (χ4v) is 5.44. The van der Waals surface area contributed by atoms with Crippen molar-refractivity contribution in [3.63, 3.8) is 0 Å². The highest BCUT2D eigenvalue weighted by atomic mass is 16.5. The molecule has 0 unspecified atom stereocenters. The van der Waals surface area contributed by atoms with Crippen LogP contribution in [0.2, 0.25) is 0 Å². The maximum absolute atomic E-state index is 12.7. The van der Waals surface area contributed by atoms with E-state index in [0.29, 0.717) is 0 Å². The molecule has 0 amide bonds. The zero-order chi connectivity index (χ0) is 17.8. The molecule has 2 heterocycles. The number of methoxy groups -OCH3 is 3. The summed E-state index contributed by atoms with van der Waals surface area (Å²) in [5.74, 6) is -0.429. The standard InChI is InChI=1S/C19H25NO5/c1-23-14-5-4-12-6-7-20-11-13-9-18(13,17(22)25-3)15(8-16(21)24-2)19(12,20)10-14/h4,8,13-14H,5-7,9-11H2,1-3H3/b15-8+/t13-,14-,18+,19+/m0/s1. The van der Waals surface area contributed by atoms with Gasteiger partial charge in [-0.3, -0.25) is 9.69 Å². The number of rotatable bonds is 3. The van der Waals surface area contributed by atoms with Crippen molar-refractivity contribution in [2.24, 2.45) is 11.3 Å². The number of esters is 2. The Hall–Kier alpha value is -1.66. The lowest BCUT2D eigenvalue weighted by molar-refractivity contribution is -0.147. The Labute approximate surface area is 147 Å². The van der Waals surface area contributed by atoms with E-state index in [1.54, 1.807) is 13.2 Å². The van der Waals surface area contributed by atoms with Crippen LogP contribution >= 0.6 is 0 Å². The Kier molecular flexibility index (Phi) is 3.81. The highest BCUT2D eigenvalue weighted by molar-refractivity contribution is 5.91. The van der Waals surface area contributed by atoms with Gasteiger partial charge in [-0.1, -0.05) is 6.08 Å². The predicted octanol–water partition coefficient (Wildman–Crippen LogP) is 1.46. The molecule has 136 valence electrons. The molecule has 2 saturated heterocycles. The van der Waals surface area contributed by atoms with Crippen molar-refractivity contribution >= 4 is 11.9 Å². The van der Waals surface area contributed by atoms with Gasteiger partial charge >= 0.3 is 11.9 Å². The van der Waals surface area contributed by atoms with Gasteiger partial charge in [0.1, 0.15) is 0 Å². The molecule has 1 saturated carbocycles. The van der Waals surface area contributed by atoms with Crippen LogP contribution in [0.4, 0.5) is 0 Å². The molecule has 25 heavy (non-hydrogen) atoms. The van der Waals surface area contributed by atoms with E-state index in [0.717, 1.165) is 44.3 Å². The van der Waals surface area contributed by atoms with Crippen LogP contribution in [0.1, 0.15) is 25.7 Å². The molecule has 3 fully saturated rings. The van der Waals surface area contributed by atoms with Crippen molar-refractivity contribution in [2.45, 2.75) is 37.3 Å².